The molecule has 0 fully saturated rings. The van der Waals surface area contributed by atoms with Gasteiger partial charge in [0, 0.05) is 22.7 Å². The smallest absolute Gasteiger partial charge is 0.337 e. The maximum atomic E-state index is 12.2. The summed E-state index contributed by atoms with van der Waals surface area (Å²) in [5, 5.41) is 22.7. The highest BCUT2D eigenvalue weighted by molar-refractivity contribution is 5.94. The topological polar surface area (TPSA) is 135 Å². The molecular weight excluding hydrogens is 436 g/mol. The van der Waals surface area contributed by atoms with Gasteiger partial charge in [0.05, 0.1) is 10.9 Å². The fraction of sp³-hybridized carbons (Fsp3) is 0.320. The average molecular weight is 463 g/mol. The first-order valence-corrected chi connectivity index (χ1v) is 10.5. The Hall–Kier alpha value is -4.19. The molecule has 1 amide bonds. The Morgan fingerprint density at radius 3 is 2.35 bits per heavy atom. The number of aromatic nitrogens is 3. The van der Waals surface area contributed by atoms with Gasteiger partial charge in [0.2, 0.25) is 17.7 Å². The molecule has 9 nitrogen and oxygen atoms in total. The summed E-state index contributed by atoms with van der Waals surface area (Å²) in [5.74, 6) is 4.27. The van der Waals surface area contributed by atoms with E-state index in [1.165, 1.54) is 18.3 Å². The first kappa shape index (κ1) is 24.5. The van der Waals surface area contributed by atoms with Gasteiger partial charge >= 0.3 is 5.97 Å². The number of ether oxygens (including phenoxy) is 1. The molecule has 9 heteroatoms. The molecule has 0 aliphatic heterocycles. The lowest BCUT2D eigenvalue weighted by molar-refractivity contribution is -0.123. The van der Waals surface area contributed by atoms with Crippen molar-refractivity contribution in [1.82, 2.24) is 15.0 Å². The Bertz CT molecular complexity index is 1340. The van der Waals surface area contributed by atoms with Gasteiger partial charge in [0.25, 0.3) is 0 Å². The normalized spacial score (nSPS) is 11.5. The molecule has 1 aromatic carbocycles. The van der Waals surface area contributed by atoms with Crippen LogP contribution in [0.25, 0.3) is 11.0 Å². The van der Waals surface area contributed by atoms with Crippen LogP contribution in [0.1, 0.15) is 63.0 Å². The molecule has 34 heavy (non-hydrogen) atoms. The van der Waals surface area contributed by atoms with Crippen LogP contribution in [0.15, 0.2) is 30.5 Å². The van der Waals surface area contributed by atoms with E-state index in [0.717, 1.165) is 0 Å². The second-order valence-corrected chi connectivity index (χ2v) is 9.65. The van der Waals surface area contributed by atoms with E-state index in [1.807, 2.05) is 20.8 Å². The monoisotopic (exact) mass is 462 g/mol. The average Bonchev–Trinajstić information content (AvgIpc) is 2.71. The Labute approximate surface area is 197 Å². The second kappa shape index (κ2) is 8.98. The number of rotatable bonds is 3. The molecule has 0 radical (unpaired) electrons. The lowest BCUT2D eigenvalue weighted by atomic mass is 9.96. The van der Waals surface area contributed by atoms with Gasteiger partial charge in [0.15, 0.2) is 5.65 Å². The van der Waals surface area contributed by atoms with Crippen molar-refractivity contribution in [2.45, 2.75) is 47.1 Å². The van der Waals surface area contributed by atoms with Crippen LogP contribution in [0.2, 0.25) is 0 Å². The number of carboxylic acid groups (broad SMARTS) is 1. The van der Waals surface area contributed by atoms with E-state index in [-0.39, 0.29) is 34.3 Å². The zero-order valence-corrected chi connectivity index (χ0v) is 19.8. The predicted molar refractivity (Wildman–Crippen MR) is 127 cm³/mol. The second-order valence-electron chi connectivity index (χ2n) is 9.65. The highest BCUT2D eigenvalue weighted by atomic mass is 16.5. The van der Waals surface area contributed by atoms with E-state index >= 15 is 0 Å². The molecule has 2 heterocycles. The number of carbonyl (C=O) groups is 2. The minimum absolute atomic E-state index is 0.00779. The molecule has 0 atom stereocenters. The molecule has 3 aromatic rings. The summed E-state index contributed by atoms with van der Waals surface area (Å²) in [6.07, 6.45) is 1.44. The van der Waals surface area contributed by atoms with E-state index in [9.17, 15) is 19.8 Å². The number of amides is 1. The maximum Gasteiger partial charge on any atom is 0.337 e. The molecular formula is C25H26N4O5. The summed E-state index contributed by atoms with van der Waals surface area (Å²) in [4.78, 5) is 36.2. The van der Waals surface area contributed by atoms with Crippen LogP contribution in [0.4, 0.5) is 5.95 Å². The number of benzene rings is 1. The maximum absolute atomic E-state index is 12.2. The van der Waals surface area contributed by atoms with Crippen molar-refractivity contribution in [3.05, 3.63) is 47.2 Å². The number of carboxylic acids is 1. The number of hydrogen-bond acceptors (Lipinski definition) is 7. The Morgan fingerprint density at radius 2 is 1.74 bits per heavy atom. The number of fused-ring (bicyclic) bond motifs is 1. The molecule has 0 unspecified atom stereocenters. The number of hydrogen-bond donors (Lipinski definition) is 3. The molecule has 3 rings (SSSR count). The van der Waals surface area contributed by atoms with Crippen molar-refractivity contribution in [3.63, 3.8) is 0 Å². The quantitative estimate of drug-likeness (QED) is 0.497. The largest absolute Gasteiger partial charge is 0.493 e. The molecule has 0 aliphatic rings. The third kappa shape index (κ3) is 5.98. The van der Waals surface area contributed by atoms with E-state index < -0.39 is 17.0 Å². The van der Waals surface area contributed by atoms with Gasteiger partial charge in [-0.15, -0.1) is 0 Å². The standard InChI is InChI=1S/C25H26N4O5/c1-24(2,3)22(33)29-23-27-19-18(20(30)28-23)11-14(13-26-19)7-8-15-9-10-16(34-25(4,5)6)12-17(15)21(31)32/h9-13H,1-6H3,(H,31,32)(H2,26,27,28,29,30,33). The minimum atomic E-state index is -1.13. The Balaban J connectivity index is 1.93. The third-order valence-electron chi connectivity index (χ3n) is 4.42. The zero-order valence-electron chi connectivity index (χ0n) is 19.8. The van der Waals surface area contributed by atoms with Crippen LogP contribution in [-0.4, -0.2) is 42.6 Å². The highest BCUT2D eigenvalue weighted by Gasteiger charge is 2.23. The first-order valence-electron chi connectivity index (χ1n) is 10.5. The van der Waals surface area contributed by atoms with Gasteiger partial charge in [0.1, 0.15) is 11.4 Å². The molecule has 0 aliphatic carbocycles. The van der Waals surface area contributed by atoms with Gasteiger partial charge in [-0.25, -0.2) is 9.78 Å². The molecule has 2 aromatic heterocycles. The summed E-state index contributed by atoms with van der Waals surface area (Å²) < 4.78 is 5.73. The number of pyridine rings is 1. The highest BCUT2D eigenvalue weighted by Crippen LogP contribution is 2.24. The summed E-state index contributed by atoms with van der Waals surface area (Å²) in [7, 11) is 0. The molecule has 176 valence electrons. The number of aromatic hydroxyl groups is 1. The van der Waals surface area contributed by atoms with Crippen molar-refractivity contribution >= 4 is 28.9 Å². The fourth-order valence-electron chi connectivity index (χ4n) is 2.78. The van der Waals surface area contributed by atoms with Crippen molar-refractivity contribution in [2.24, 2.45) is 5.41 Å². The van der Waals surface area contributed by atoms with E-state index in [2.05, 4.69) is 32.1 Å². The predicted octanol–water partition coefficient (Wildman–Crippen LogP) is 3.99. The van der Waals surface area contributed by atoms with Crippen LogP contribution < -0.4 is 10.1 Å². The van der Waals surface area contributed by atoms with E-state index in [0.29, 0.717) is 16.9 Å². The van der Waals surface area contributed by atoms with Gasteiger partial charge in [-0.2, -0.15) is 9.97 Å². The summed E-state index contributed by atoms with van der Waals surface area (Å²) in [6.45, 7) is 10.8. The number of nitrogens with one attached hydrogen (secondary N) is 1. The molecule has 0 spiro atoms. The zero-order chi connectivity index (χ0) is 25.3. The van der Waals surface area contributed by atoms with E-state index in [4.69, 9.17) is 4.74 Å². The summed E-state index contributed by atoms with van der Waals surface area (Å²) >= 11 is 0. The third-order valence-corrected chi connectivity index (χ3v) is 4.42. The summed E-state index contributed by atoms with van der Waals surface area (Å²) in [6, 6.07) is 6.21. The first-order chi connectivity index (χ1) is 15.7. The van der Waals surface area contributed by atoms with Crippen LogP contribution in [0, 0.1) is 17.3 Å². The van der Waals surface area contributed by atoms with Gasteiger partial charge in [-0.05, 0) is 45.0 Å². The Morgan fingerprint density at radius 1 is 1.03 bits per heavy atom. The molecule has 3 N–H and O–H groups in total. The lowest BCUT2D eigenvalue weighted by Crippen LogP contribution is -2.28. The fourth-order valence-corrected chi connectivity index (χ4v) is 2.78. The number of aromatic carboxylic acids is 1. The molecule has 0 saturated carbocycles. The van der Waals surface area contributed by atoms with Crippen molar-refractivity contribution in [2.75, 3.05) is 5.32 Å². The van der Waals surface area contributed by atoms with Gasteiger partial charge in [-0.1, -0.05) is 32.6 Å². The van der Waals surface area contributed by atoms with Crippen molar-refractivity contribution < 1.29 is 24.5 Å². The van der Waals surface area contributed by atoms with Crippen LogP contribution in [0.3, 0.4) is 0 Å². The number of nitrogens with zero attached hydrogens (tertiary/aromatic N) is 3. The summed E-state index contributed by atoms with van der Waals surface area (Å²) in [5.41, 5.74) is -0.226. The van der Waals surface area contributed by atoms with Crippen LogP contribution >= 0.6 is 0 Å². The molecule has 0 bridgehead atoms. The van der Waals surface area contributed by atoms with Crippen molar-refractivity contribution in [3.8, 4) is 23.5 Å². The SMILES string of the molecule is CC(C)(C)Oc1ccc(C#Cc2cnc3nc(NC(=O)C(C)(C)C)nc(O)c3c2)c(C(=O)O)c1. The molecule has 0 saturated heterocycles. The number of anilines is 1. The van der Waals surface area contributed by atoms with E-state index in [1.54, 1.807) is 32.9 Å². The minimum Gasteiger partial charge on any atom is -0.493 e. The Kier molecular flexibility index (Phi) is 6.46. The van der Waals surface area contributed by atoms with Crippen LogP contribution in [-0.2, 0) is 4.79 Å². The van der Waals surface area contributed by atoms with Crippen LogP contribution in [0.5, 0.6) is 11.6 Å². The lowest BCUT2D eigenvalue weighted by Gasteiger charge is -2.21. The van der Waals surface area contributed by atoms with Crippen molar-refractivity contribution in [1.29, 1.82) is 0 Å². The van der Waals surface area contributed by atoms with Gasteiger partial charge < -0.3 is 14.9 Å². The number of carbonyl (C=O) groups excluding carboxylic acids is 1. The van der Waals surface area contributed by atoms with Gasteiger partial charge in [-0.3, -0.25) is 10.1 Å².